The number of aryl methyl sites for hydroxylation is 1. The maximum atomic E-state index is 5.55. The fourth-order valence-electron chi connectivity index (χ4n) is 1.63. The molecule has 86 valence electrons. The van der Waals surface area contributed by atoms with Crippen LogP contribution in [0.1, 0.15) is 17.2 Å². The van der Waals surface area contributed by atoms with E-state index in [1.165, 1.54) is 0 Å². The summed E-state index contributed by atoms with van der Waals surface area (Å²) in [5.41, 5.74) is 4.91. The highest BCUT2D eigenvalue weighted by Gasteiger charge is 2.16. The van der Waals surface area contributed by atoms with Crippen molar-refractivity contribution >= 4 is 15.9 Å². The van der Waals surface area contributed by atoms with E-state index in [4.69, 9.17) is 10.3 Å². The summed E-state index contributed by atoms with van der Waals surface area (Å²) in [6, 6.07) is 1.91. The Morgan fingerprint density at radius 3 is 3.00 bits per heavy atom. The van der Waals surface area contributed by atoms with Crippen LogP contribution in [0.15, 0.2) is 33.8 Å². The first kappa shape index (κ1) is 11.4. The number of hydrogen-bond acceptors (Lipinski definition) is 4. The fourth-order valence-corrected chi connectivity index (χ4v) is 2.14. The molecular formula is C10H13BrN4O. The molecule has 0 fully saturated rings. The summed E-state index contributed by atoms with van der Waals surface area (Å²) in [5, 5.41) is 4.12. The molecule has 0 amide bonds. The lowest BCUT2D eigenvalue weighted by molar-refractivity contribution is 0.506. The van der Waals surface area contributed by atoms with E-state index < -0.39 is 0 Å². The normalized spacial score (nSPS) is 12.9. The zero-order valence-electron chi connectivity index (χ0n) is 8.85. The predicted octanol–water partition coefficient (Wildman–Crippen LogP) is 1.52. The second-order valence-electron chi connectivity index (χ2n) is 3.60. The Kier molecular flexibility index (Phi) is 3.42. The minimum absolute atomic E-state index is 0.0114. The van der Waals surface area contributed by atoms with Crippen molar-refractivity contribution < 1.29 is 4.42 Å². The number of hydrogen-bond donors (Lipinski definition) is 2. The molecule has 0 aromatic carbocycles. The third-order valence-electron chi connectivity index (χ3n) is 2.42. The first-order chi connectivity index (χ1) is 7.70. The van der Waals surface area contributed by atoms with Gasteiger partial charge in [-0.1, -0.05) is 0 Å². The molecule has 6 heteroatoms. The number of aromatic nitrogens is 2. The first-order valence-corrected chi connectivity index (χ1v) is 5.66. The van der Waals surface area contributed by atoms with Crippen molar-refractivity contribution in [3.63, 3.8) is 0 Å². The van der Waals surface area contributed by atoms with Gasteiger partial charge in [0.25, 0.3) is 0 Å². The van der Waals surface area contributed by atoms with Gasteiger partial charge in [0, 0.05) is 18.8 Å². The summed E-state index contributed by atoms with van der Waals surface area (Å²) in [6.07, 6.45) is 6.20. The molecule has 0 spiro atoms. The molecule has 2 heterocycles. The minimum Gasteiger partial charge on any atom is -0.457 e. The number of nitrogens with one attached hydrogen (secondary N) is 1. The zero-order chi connectivity index (χ0) is 11.5. The van der Waals surface area contributed by atoms with Gasteiger partial charge in [-0.05, 0) is 34.0 Å². The van der Waals surface area contributed by atoms with Gasteiger partial charge in [-0.25, -0.2) is 0 Å². The monoisotopic (exact) mass is 284 g/mol. The summed E-state index contributed by atoms with van der Waals surface area (Å²) in [5.74, 6) is 5.55. The number of nitrogens with two attached hydrogens (primary N) is 1. The van der Waals surface area contributed by atoms with Crippen LogP contribution >= 0.6 is 15.9 Å². The molecule has 0 aliphatic carbocycles. The highest BCUT2D eigenvalue weighted by atomic mass is 79.9. The van der Waals surface area contributed by atoms with Crippen LogP contribution in [0.3, 0.4) is 0 Å². The molecule has 0 saturated heterocycles. The van der Waals surface area contributed by atoms with E-state index in [2.05, 4.69) is 26.5 Å². The van der Waals surface area contributed by atoms with Crippen molar-refractivity contribution in [2.45, 2.75) is 12.5 Å². The Labute approximate surface area is 102 Å². The topological polar surface area (TPSA) is 69.0 Å². The van der Waals surface area contributed by atoms with Crippen molar-refractivity contribution in [3.8, 4) is 0 Å². The van der Waals surface area contributed by atoms with Crippen LogP contribution in [0.5, 0.6) is 0 Å². The Morgan fingerprint density at radius 2 is 2.50 bits per heavy atom. The average Bonchev–Trinajstić information content (AvgIpc) is 2.84. The van der Waals surface area contributed by atoms with Crippen molar-refractivity contribution in [3.05, 3.63) is 40.5 Å². The fraction of sp³-hybridized carbons (Fsp3) is 0.300. The lowest BCUT2D eigenvalue weighted by Crippen LogP contribution is -2.29. The highest BCUT2D eigenvalue weighted by Crippen LogP contribution is 2.26. The van der Waals surface area contributed by atoms with Crippen LogP contribution < -0.4 is 11.3 Å². The standard InChI is InChI=1S/C10H13BrN4O/c1-15-6-7(5-13-15)4-9(14-12)8-2-3-16-10(8)11/h2-3,5-6,9,14H,4,12H2,1H3. The first-order valence-electron chi connectivity index (χ1n) is 4.87. The van der Waals surface area contributed by atoms with Crippen molar-refractivity contribution in [2.75, 3.05) is 0 Å². The molecule has 1 atom stereocenters. The third kappa shape index (κ3) is 2.34. The Morgan fingerprint density at radius 1 is 1.69 bits per heavy atom. The number of furan rings is 1. The van der Waals surface area contributed by atoms with Gasteiger partial charge < -0.3 is 4.42 Å². The van der Waals surface area contributed by atoms with Gasteiger partial charge in [0.15, 0.2) is 4.67 Å². The summed E-state index contributed by atoms with van der Waals surface area (Å²) in [4.78, 5) is 0. The zero-order valence-corrected chi connectivity index (χ0v) is 10.4. The van der Waals surface area contributed by atoms with Crippen LogP contribution in [0.25, 0.3) is 0 Å². The molecule has 0 bridgehead atoms. The summed E-state index contributed by atoms with van der Waals surface area (Å²) < 4.78 is 7.67. The largest absolute Gasteiger partial charge is 0.457 e. The molecule has 0 radical (unpaired) electrons. The van der Waals surface area contributed by atoms with Crippen LogP contribution in [-0.2, 0) is 13.5 Å². The van der Waals surface area contributed by atoms with Gasteiger partial charge in [0.2, 0.25) is 0 Å². The lowest BCUT2D eigenvalue weighted by atomic mass is 10.0. The lowest BCUT2D eigenvalue weighted by Gasteiger charge is -2.13. The summed E-state index contributed by atoms with van der Waals surface area (Å²) >= 11 is 3.34. The Bertz CT molecular complexity index is 465. The number of nitrogens with zero attached hydrogens (tertiary/aromatic N) is 2. The summed E-state index contributed by atoms with van der Waals surface area (Å²) in [7, 11) is 1.89. The SMILES string of the molecule is Cn1cc(CC(NN)c2ccoc2Br)cn1. The molecule has 2 rings (SSSR count). The number of rotatable bonds is 4. The van der Waals surface area contributed by atoms with Crippen LogP contribution in [-0.4, -0.2) is 9.78 Å². The van der Waals surface area contributed by atoms with Gasteiger partial charge in [-0.2, -0.15) is 5.10 Å². The quantitative estimate of drug-likeness (QED) is 0.660. The van der Waals surface area contributed by atoms with E-state index in [-0.39, 0.29) is 6.04 Å². The highest BCUT2D eigenvalue weighted by molar-refractivity contribution is 9.10. The second kappa shape index (κ2) is 4.82. The molecule has 0 aliphatic heterocycles. The molecule has 5 nitrogen and oxygen atoms in total. The van der Waals surface area contributed by atoms with E-state index in [0.717, 1.165) is 17.5 Å². The molecule has 3 N–H and O–H groups in total. The number of hydrazine groups is 1. The molecule has 1 unspecified atom stereocenters. The predicted molar refractivity (Wildman–Crippen MR) is 63.4 cm³/mol. The van der Waals surface area contributed by atoms with E-state index >= 15 is 0 Å². The molecule has 0 saturated carbocycles. The molecular weight excluding hydrogens is 272 g/mol. The van der Waals surface area contributed by atoms with Gasteiger partial charge in [0.1, 0.15) is 0 Å². The van der Waals surface area contributed by atoms with Crippen molar-refractivity contribution in [1.29, 1.82) is 0 Å². The summed E-state index contributed by atoms with van der Waals surface area (Å²) in [6.45, 7) is 0. The molecule has 0 aliphatic rings. The van der Waals surface area contributed by atoms with Gasteiger partial charge in [-0.3, -0.25) is 16.0 Å². The molecule has 16 heavy (non-hydrogen) atoms. The Hall–Kier alpha value is -1.11. The smallest absolute Gasteiger partial charge is 0.173 e. The molecule has 2 aromatic heterocycles. The Balaban J connectivity index is 2.15. The van der Waals surface area contributed by atoms with Crippen molar-refractivity contribution in [2.24, 2.45) is 12.9 Å². The third-order valence-corrected chi connectivity index (χ3v) is 3.07. The molecule has 2 aromatic rings. The van der Waals surface area contributed by atoms with Crippen LogP contribution in [0, 0.1) is 0 Å². The minimum atomic E-state index is 0.0114. The number of halogens is 1. The average molecular weight is 285 g/mol. The van der Waals surface area contributed by atoms with Gasteiger partial charge >= 0.3 is 0 Å². The second-order valence-corrected chi connectivity index (χ2v) is 4.32. The maximum absolute atomic E-state index is 5.55. The van der Waals surface area contributed by atoms with E-state index in [9.17, 15) is 0 Å². The van der Waals surface area contributed by atoms with Crippen LogP contribution in [0.2, 0.25) is 0 Å². The van der Waals surface area contributed by atoms with Crippen molar-refractivity contribution in [1.82, 2.24) is 15.2 Å². The van der Waals surface area contributed by atoms with E-state index in [1.807, 2.05) is 25.5 Å². The van der Waals surface area contributed by atoms with E-state index in [0.29, 0.717) is 4.67 Å². The van der Waals surface area contributed by atoms with Gasteiger partial charge in [-0.15, -0.1) is 0 Å². The van der Waals surface area contributed by atoms with Crippen LogP contribution in [0.4, 0.5) is 0 Å². The van der Waals surface area contributed by atoms with Gasteiger partial charge in [0.05, 0.1) is 18.5 Å². The maximum Gasteiger partial charge on any atom is 0.173 e. The van der Waals surface area contributed by atoms with E-state index in [1.54, 1.807) is 10.9 Å².